The van der Waals surface area contributed by atoms with Gasteiger partial charge in [-0.15, -0.1) is 0 Å². The summed E-state index contributed by atoms with van der Waals surface area (Å²) in [5.41, 5.74) is 7.27. The standard InChI is InChI=1S/C20H23N5/c1-13-4-3-8-25-18(14(2)22-20(13)25)12-24-9-7-17-16(11-24)10-21-19(23-17)15-5-6-15/h3-4,8,10,15H,5-7,9,11-12H2,1-2H3. The first-order valence-corrected chi connectivity index (χ1v) is 9.19. The van der Waals surface area contributed by atoms with E-state index in [1.807, 2.05) is 0 Å². The highest BCUT2D eigenvalue weighted by atomic mass is 15.2. The van der Waals surface area contributed by atoms with Crippen LogP contribution in [0.25, 0.3) is 5.65 Å². The van der Waals surface area contributed by atoms with Crippen molar-refractivity contribution in [3.05, 3.63) is 58.6 Å². The van der Waals surface area contributed by atoms with E-state index in [1.165, 1.54) is 35.4 Å². The molecule has 2 aliphatic rings. The Morgan fingerprint density at radius 3 is 2.92 bits per heavy atom. The molecule has 0 bridgehead atoms. The first-order chi connectivity index (χ1) is 12.2. The third-order valence-electron chi connectivity index (χ3n) is 5.49. The number of imidazole rings is 1. The van der Waals surface area contributed by atoms with Gasteiger partial charge in [0, 0.05) is 55.6 Å². The fourth-order valence-electron chi connectivity index (χ4n) is 3.83. The lowest BCUT2D eigenvalue weighted by molar-refractivity contribution is 0.238. The summed E-state index contributed by atoms with van der Waals surface area (Å²) in [6.45, 7) is 7.13. The number of pyridine rings is 1. The Morgan fingerprint density at radius 1 is 1.20 bits per heavy atom. The van der Waals surface area contributed by atoms with E-state index in [0.29, 0.717) is 5.92 Å². The normalized spacial score (nSPS) is 17.8. The van der Waals surface area contributed by atoms with E-state index >= 15 is 0 Å². The minimum absolute atomic E-state index is 0.632. The van der Waals surface area contributed by atoms with Crippen LogP contribution in [-0.2, 0) is 19.5 Å². The highest BCUT2D eigenvalue weighted by molar-refractivity contribution is 5.50. The quantitative estimate of drug-likeness (QED) is 0.738. The van der Waals surface area contributed by atoms with E-state index in [2.05, 4.69) is 52.7 Å². The van der Waals surface area contributed by atoms with Crippen LogP contribution in [0, 0.1) is 13.8 Å². The fourth-order valence-corrected chi connectivity index (χ4v) is 3.83. The zero-order valence-corrected chi connectivity index (χ0v) is 14.9. The van der Waals surface area contributed by atoms with Crippen LogP contribution in [0.2, 0.25) is 0 Å². The molecule has 0 N–H and O–H groups in total. The molecule has 1 aliphatic heterocycles. The monoisotopic (exact) mass is 333 g/mol. The van der Waals surface area contributed by atoms with Gasteiger partial charge in [0.25, 0.3) is 0 Å². The molecule has 5 nitrogen and oxygen atoms in total. The van der Waals surface area contributed by atoms with Gasteiger partial charge < -0.3 is 4.40 Å². The van der Waals surface area contributed by atoms with Crippen molar-refractivity contribution in [1.29, 1.82) is 0 Å². The van der Waals surface area contributed by atoms with Crippen LogP contribution in [0.5, 0.6) is 0 Å². The number of hydrogen-bond donors (Lipinski definition) is 0. The maximum atomic E-state index is 4.83. The van der Waals surface area contributed by atoms with E-state index in [4.69, 9.17) is 9.97 Å². The summed E-state index contributed by atoms with van der Waals surface area (Å²) >= 11 is 0. The molecule has 0 spiro atoms. The van der Waals surface area contributed by atoms with Crippen LogP contribution >= 0.6 is 0 Å². The number of nitrogens with zero attached hydrogens (tertiary/aromatic N) is 5. The number of aryl methyl sites for hydroxylation is 2. The molecule has 1 saturated carbocycles. The van der Waals surface area contributed by atoms with Crippen LogP contribution in [0.15, 0.2) is 24.5 Å². The minimum atomic E-state index is 0.632. The average molecular weight is 333 g/mol. The van der Waals surface area contributed by atoms with Gasteiger partial charge in [-0.05, 0) is 38.3 Å². The Bertz CT molecular complexity index is 954. The van der Waals surface area contributed by atoms with Crippen molar-refractivity contribution < 1.29 is 0 Å². The predicted octanol–water partition coefficient (Wildman–Crippen LogP) is 3.18. The van der Waals surface area contributed by atoms with E-state index in [9.17, 15) is 0 Å². The topological polar surface area (TPSA) is 46.3 Å². The first kappa shape index (κ1) is 15.0. The second kappa shape index (κ2) is 5.63. The SMILES string of the molecule is Cc1nc2c(C)cccn2c1CN1CCc2nc(C3CC3)ncc2C1. The molecule has 5 rings (SSSR count). The van der Waals surface area contributed by atoms with Gasteiger partial charge in [0.05, 0.1) is 11.4 Å². The Labute approximate surface area is 147 Å². The lowest BCUT2D eigenvalue weighted by Gasteiger charge is -2.28. The zero-order valence-electron chi connectivity index (χ0n) is 14.9. The number of fused-ring (bicyclic) bond motifs is 2. The van der Waals surface area contributed by atoms with Crippen LogP contribution < -0.4 is 0 Å². The van der Waals surface area contributed by atoms with Crippen LogP contribution in [0.1, 0.15) is 52.8 Å². The van der Waals surface area contributed by atoms with Gasteiger partial charge in [-0.2, -0.15) is 0 Å². The van der Waals surface area contributed by atoms with Gasteiger partial charge >= 0.3 is 0 Å². The third kappa shape index (κ3) is 2.63. The fraction of sp³-hybridized carbons (Fsp3) is 0.450. The number of rotatable bonds is 3. The summed E-state index contributed by atoms with van der Waals surface area (Å²) in [5, 5.41) is 0. The molecule has 5 heteroatoms. The van der Waals surface area contributed by atoms with Crippen LogP contribution in [0.4, 0.5) is 0 Å². The van der Waals surface area contributed by atoms with Crippen molar-refractivity contribution in [2.24, 2.45) is 0 Å². The molecule has 0 amide bonds. The van der Waals surface area contributed by atoms with Gasteiger partial charge in [0.1, 0.15) is 11.5 Å². The molecule has 0 radical (unpaired) electrons. The predicted molar refractivity (Wildman–Crippen MR) is 96.5 cm³/mol. The molecule has 1 fully saturated rings. The Hall–Kier alpha value is -2.27. The van der Waals surface area contributed by atoms with Crippen molar-refractivity contribution >= 4 is 5.65 Å². The summed E-state index contributed by atoms with van der Waals surface area (Å²) in [6.07, 6.45) is 7.73. The van der Waals surface area contributed by atoms with E-state index in [0.717, 1.165) is 43.2 Å². The van der Waals surface area contributed by atoms with Gasteiger partial charge in [-0.3, -0.25) is 4.90 Å². The van der Waals surface area contributed by atoms with E-state index < -0.39 is 0 Å². The van der Waals surface area contributed by atoms with E-state index in [1.54, 1.807) is 0 Å². The van der Waals surface area contributed by atoms with Gasteiger partial charge in [-0.1, -0.05) is 6.07 Å². The lowest BCUT2D eigenvalue weighted by atomic mass is 10.1. The summed E-state index contributed by atoms with van der Waals surface area (Å²) in [4.78, 5) is 16.7. The van der Waals surface area contributed by atoms with Crippen molar-refractivity contribution in [2.75, 3.05) is 6.54 Å². The van der Waals surface area contributed by atoms with Crippen molar-refractivity contribution in [2.45, 2.75) is 52.1 Å². The smallest absolute Gasteiger partial charge is 0.140 e. The van der Waals surface area contributed by atoms with E-state index in [-0.39, 0.29) is 0 Å². The van der Waals surface area contributed by atoms with Crippen molar-refractivity contribution in [3.8, 4) is 0 Å². The molecular formula is C20H23N5. The first-order valence-electron chi connectivity index (χ1n) is 9.19. The molecule has 128 valence electrons. The molecule has 3 aromatic rings. The number of aromatic nitrogens is 4. The maximum Gasteiger partial charge on any atom is 0.140 e. The second-order valence-corrected chi connectivity index (χ2v) is 7.46. The summed E-state index contributed by atoms with van der Waals surface area (Å²) in [6, 6.07) is 4.23. The van der Waals surface area contributed by atoms with Gasteiger partial charge in [0.2, 0.25) is 0 Å². The second-order valence-electron chi connectivity index (χ2n) is 7.46. The molecule has 0 atom stereocenters. The Morgan fingerprint density at radius 2 is 2.08 bits per heavy atom. The highest BCUT2D eigenvalue weighted by Gasteiger charge is 2.28. The van der Waals surface area contributed by atoms with Crippen molar-refractivity contribution in [1.82, 2.24) is 24.3 Å². The molecule has 25 heavy (non-hydrogen) atoms. The maximum absolute atomic E-state index is 4.83. The minimum Gasteiger partial charge on any atom is -0.302 e. The van der Waals surface area contributed by atoms with Crippen LogP contribution in [0.3, 0.4) is 0 Å². The van der Waals surface area contributed by atoms with Crippen LogP contribution in [-0.4, -0.2) is 30.8 Å². The van der Waals surface area contributed by atoms with Gasteiger partial charge in [0.15, 0.2) is 0 Å². The Balaban J connectivity index is 1.41. The molecular weight excluding hydrogens is 310 g/mol. The number of hydrogen-bond acceptors (Lipinski definition) is 4. The summed E-state index contributed by atoms with van der Waals surface area (Å²) < 4.78 is 2.24. The average Bonchev–Trinajstić information content (AvgIpc) is 3.41. The van der Waals surface area contributed by atoms with Gasteiger partial charge in [-0.25, -0.2) is 15.0 Å². The molecule has 0 saturated heterocycles. The lowest BCUT2D eigenvalue weighted by Crippen LogP contribution is -2.31. The summed E-state index contributed by atoms with van der Waals surface area (Å²) in [7, 11) is 0. The summed E-state index contributed by atoms with van der Waals surface area (Å²) in [5.74, 6) is 1.70. The zero-order chi connectivity index (χ0) is 17.0. The third-order valence-corrected chi connectivity index (χ3v) is 5.49. The molecule has 1 aliphatic carbocycles. The highest BCUT2D eigenvalue weighted by Crippen LogP contribution is 2.38. The Kier molecular flexibility index (Phi) is 3.38. The molecule has 0 unspecified atom stereocenters. The molecule has 4 heterocycles. The molecule has 3 aromatic heterocycles. The largest absolute Gasteiger partial charge is 0.302 e. The van der Waals surface area contributed by atoms with Crippen molar-refractivity contribution in [3.63, 3.8) is 0 Å². The molecule has 0 aromatic carbocycles.